The zero-order valence-electron chi connectivity index (χ0n) is 22.9. The number of hydrogen-bond donors (Lipinski definition) is 1. The van der Waals surface area contributed by atoms with Crippen LogP contribution in [0.2, 0.25) is 0 Å². The minimum atomic E-state index is -0.423. The monoisotopic (exact) mass is 565 g/mol. The molecule has 1 aliphatic carbocycles. The molecule has 0 spiro atoms. The predicted octanol–water partition coefficient (Wildman–Crippen LogP) is 5.21. The lowest BCUT2D eigenvalue weighted by atomic mass is 9.82. The summed E-state index contributed by atoms with van der Waals surface area (Å²) in [6.07, 6.45) is 7.70. The van der Waals surface area contributed by atoms with E-state index in [0.717, 1.165) is 38.0 Å². The van der Waals surface area contributed by atoms with Crippen molar-refractivity contribution in [1.29, 1.82) is 5.41 Å². The molecule has 3 rings (SSSR count). The fourth-order valence-corrected chi connectivity index (χ4v) is 4.40. The van der Waals surface area contributed by atoms with Crippen molar-refractivity contribution >= 4 is 30.6 Å². The van der Waals surface area contributed by atoms with E-state index < -0.39 is 11.9 Å². The molecule has 1 aliphatic rings. The molecule has 0 radical (unpaired) electrons. The third-order valence-electron chi connectivity index (χ3n) is 6.69. The van der Waals surface area contributed by atoms with Gasteiger partial charge in [0, 0.05) is 17.9 Å². The van der Waals surface area contributed by atoms with Crippen molar-refractivity contribution in [3.05, 3.63) is 60.7 Å². The number of esters is 3. The molecule has 1 fully saturated rings. The van der Waals surface area contributed by atoms with Gasteiger partial charge in [-0.25, -0.2) is 4.79 Å². The molecule has 0 amide bonds. The predicted molar refractivity (Wildman–Crippen MR) is 149 cm³/mol. The second kappa shape index (κ2) is 16.6. The van der Waals surface area contributed by atoms with Gasteiger partial charge in [0.2, 0.25) is 0 Å². The molecule has 0 aliphatic heterocycles. The summed E-state index contributed by atoms with van der Waals surface area (Å²) in [7, 11) is 0. The van der Waals surface area contributed by atoms with E-state index in [-0.39, 0.29) is 35.8 Å². The maximum atomic E-state index is 12.7. The van der Waals surface area contributed by atoms with E-state index in [9.17, 15) is 19.2 Å². The highest BCUT2D eigenvalue weighted by molar-refractivity contribution is 5.85. The summed E-state index contributed by atoms with van der Waals surface area (Å²) in [4.78, 5) is 46.9. The molecule has 0 unspecified atom stereocenters. The Kier molecular flexibility index (Phi) is 12.6. The van der Waals surface area contributed by atoms with Crippen LogP contribution in [0.4, 0.5) is 0 Å². The summed E-state index contributed by atoms with van der Waals surface area (Å²) in [5, 5.41) is 7.53. The number of unbranched alkanes of at least 4 members (excludes halogenated alkanes) is 3. The lowest BCUT2D eigenvalue weighted by Gasteiger charge is -2.26. The topological polar surface area (TPSA) is 138 Å². The minimum Gasteiger partial charge on any atom is -0.494 e. The third kappa shape index (κ3) is 10.2. The summed E-state index contributed by atoms with van der Waals surface area (Å²) in [5.41, 5.74) is 0.312. The van der Waals surface area contributed by atoms with E-state index in [2.05, 4.69) is 6.58 Å². The van der Waals surface area contributed by atoms with E-state index in [4.69, 9.17) is 29.1 Å². The van der Waals surface area contributed by atoms with E-state index in [1.807, 2.05) is 0 Å². The van der Waals surface area contributed by atoms with Gasteiger partial charge in [-0.05, 0) is 93.8 Å². The second-order valence-corrected chi connectivity index (χ2v) is 9.55. The molecule has 0 atom stereocenters. The maximum Gasteiger partial charge on any atom is 0.330 e. The van der Waals surface area contributed by atoms with Crippen LogP contribution in [0.1, 0.15) is 56.9 Å². The van der Waals surface area contributed by atoms with Crippen LogP contribution >= 0.6 is 0 Å². The Bertz CT molecular complexity index is 1200. The largest absolute Gasteiger partial charge is 0.494 e. The molecule has 2 aromatic carbocycles. The van der Waals surface area contributed by atoms with Gasteiger partial charge in [0.1, 0.15) is 23.0 Å². The van der Waals surface area contributed by atoms with E-state index >= 15 is 0 Å². The Hall–Kier alpha value is -4.47. The summed E-state index contributed by atoms with van der Waals surface area (Å²) < 4.78 is 26.5. The van der Waals surface area contributed by atoms with Crippen LogP contribution in [-0.4, -0.2) is 43.8 Å². The van der Waals surface area contributed by atoms with Crippen LogP contribution in [-0.2, 0) is 23.9 Å². The smallest absolute Gasteiger partial charge is 0.330 e. The highest BCUT2D eigenvalue weighted by atomic mass is 16.5. The quantitative estimate of drug-likeness (QED) is 0.0726. The van der Waals surface area contributed by atoms with Crippen LogP contribution in [0.15, 0.2) is 55.1 Å². The van der Waals surface area contributed by atoms with Crippen LogP contribution in [0, 0.1) is 17.2 Å². The molecular weight excluding hydrogens is 530 g/mol. The number of benzene rings is 2. The van der Waals surface area contributed by atoms with E-state index in [1.54, 1.807) is 24.3 Å². The van der Waals surface area contributed by atoms with E-state index in [1.165, 1.54) is 18.2 Å². The highest BCUT2D eigenvalue weighted by Crippen LogP contribution is 2.32. The Morgan fingerprint density at radius 1 is 0.805 bits per heavy atom. The first-order valence-electron chi connectivity index (χ1n) is 13.6. The molecule has 2 aromatic rings. The molecule has 10 nitrogen and oxygen atoms in total. The Labute approximate surface area is 239 Å². The first kappa shape index (κ1) is 31.1. The summed E-state index contributed by atoms with van der Waals surface area (Å²) >= 11 is 0. The second-order valence-electron chi connectivity index (χ2n) is 9.55. The van der Waals surface area contributed by atoms with Gasteiger partial charge in [-0.1, -0.05) is 6.58 Å². The number of hydrogen-bond acceptors (Lipinski definition) is 10. The highest BCUT2D eigenvalue weighted by Gasteiger charge is 2.32. The first-order chi connectivity index (χ1) is 19.9. The molecule has 1 saturated carbocycles. The van der Waals surface area contributed by atoms with Gasteiger partial charge in [0.25, 0.3) is 6.47 Å². The van der Waals surface area contributed by atoms with Gasteiger partial charge in [-0.15, -0.1) is 0 Å². The van der Waals surface area contributed by atoms with Gasteiger partial charge in [-0.2, -0.15) is 0 Å². The van der Waals surface area contributed by atoms with Crippen molar-refractivity contribution in [3.63, 3.8) is 0 Å². The van der Waals surface area contributed by atoms with Gasteiger partial charge in [0.05, 0.1) is 25.0 Å². The molecule has 1 N–H and O–H groups in total. The fourth-order valence-electron chi connectivity index (χ4n) is 4.40. The van der Waals surface area contributed by atoms with Crippen LogP contribution < -0.4 is 18.9 Å². The zero-order valence-corrected chi connectivity index (χ0v) is 22.9. The first-order valence-corrected chi connectivity index (χ1v) is 13.6. The standard InChI is InChI=1S/C31H35NO9/c1-2-29(34)38-18-6-4-3-5-17-37-25-11-13-26(14-12-25)40-30(35)22-7-9-23(10-8-22)31(36)41-28-16-15-27(39-21-33)19-24(28)20-32/h2,11-16,19-23,32H,1,3-10,17-18H2. The number of carbonyl (C=O) groups excluding carboxylic acids is 4. The van der Waals surface area contributed by atoms with Crippen molar-refractivity contribution in [1.82, 2.24) is 0 Å². The average molecular weight is 566 g/mol. The number of nitrogens with one attached hydrogen (secondary N) is 1. The Morgan fingerprint density at radius 3 is 2.00 bits per heavy atom. The van der Waals surface area contributed by atoms with Crippen molar-refractivity contribution in [2.75, 3.05) is 13.2 Å². The van der Waals surface area contributed by atoms with E-state index in [0.29, 0.717) is 56.0 Å². The molecule has 10 heteroatoms. The zero-order chi connectivity index (χ0) is 29.5. The van der Waals surface area contributed by atoms with Crippen LogP contribution in [0.25, 0.3) is 0 Å². The number of carbonyl (C=O) groups is 4. The number of ether oxygens (including phenoxy) is 5. The summed E-state index contributed by atoms with van der Waals surface area (Å²) in [6, 6.07) is 11.3. The van der Waals surface area contributed by atoms with Gasteiger partial charge < -0.3 is 29.1 Å². The van der Waals surface area contributed by atoms with Crippen molar-refractivity contribution in [3.8, 4) is 23.0 Å². The number of rotatable bonds is 16. The fraction of sp³-hybridized carbons (Fsp3) is 0.387. The Balaban J connectivity index is 1.35. The van der Waals surface area contributed by atoms with Crippen molar-refractivity contribution in [2.45, 2.75) is 51.4 Å². The lowest BCUT2D eigenvalue weighted by Crippen LogP contribution is -2.30. The van der Waals surface area contributed by atoms with Gasteiger partial charge >= 0.3 is 17.9 Å². The molecular formula is C31H35NO9. The Morgan fingerprint density at radius 2 is 1.39 bits per heavy atom. The summed E-state index contributed by atoms with van der Waals surface area (Å²) in [5.74, 6) is -0.272. The minimum absolute atomic E-state index is 0.209. The summed E-state index contributed by atoms with van der Waals surface area (Å²) in [6.45, 7) is 4.58. The van der Waals surface area contributed by atoms with Gasteiger partial charge in [0.15, 0.2) is 0 Å². The third-order valence-corrected chi connectivity index (χ3v) is 6.69. The molecule has 0 saturated heterocycles. The lowest BCUT2D eigenvalue weighted by molar-refractivity contribution is -0.145. The van der Waals surface area contributed by atoms with Crippen molar-refractivity contribution in [2.24, 2.45) is 11.8 Å². The maximum absolute atomic E-state index is 12.7. The molecule has 0 bridgehead atoms. The normalized spacial score (nSPS) is 16.1. The average Bonchev–Trinajstić information content (AvgIpc) is 3.00. The molecule has 41 heavy (non-hydrogen) atoms. The molecule has 0 aromatic heterocycles. The molecule has 218 valence electrons. The van der Waals surface area contributed by atoms with Crippen LogP contribution in [0.3, 0.4) is 0 Å². The molecule has 0 heterocycles. The van der Waals surface area contributed by atoms with Crippen molar-refractivity contribution < 1.29 is 42.9 Å². The SMILES string of the molecule is C=CC(=O)OCCCCCCOc1ccc(OC(=O)C2CCC(C(=O)Oc3ccc(OC=O)cc3C=N)CC2)cc1. The van der Waals surface area contributed by atoms with Crippen LogP contribution in [0.5, 0.6) is 23.0 Å². The van der Waals surface area contributed by atoms with Gasteiger partial charge in [-0.3, -0.25) is 14.4 Å².